The standard InChI is InChI=1S/C20H21N5O6S/c1-14-19(20(27)24(22(14)2)15-8-5-4-6-9-15)21-18(26)13-23(32(3,30)31)16-10-7-11-17(12-16)25(28)29/h4-12H,13H2,1-3H3,(H,21,26). The maximum Gasteiger partial charge on any atom is 0.295 e. The summed E-state index contributed by atoms with van der Waals surface area (Å²) in [6, 6.07) is 13.8. The van der Waals surface area contributed by atoms with Crippen LogP contribution in [0.4, 0.5) is 17.1 Å². The van der Waals surface area contributed by atoms with Crippen molar-refractivity contribution < 1.29 is 18.1 Å². The molecule has 0 radical (unpaired) electrons. The Labute approximate surface area is 183 Å². The SMILES string of the molecule is Cc1c(NC(=O)CN(c2cccc([N+](=O)[O-])c2)S(C)(=O)=O)c(=O)n(-c2ccccc2)n1C. The summed E-state index contributed by atoms with van der Waals surface area (Å²) >= 11 is 0. The molecule has 1 amide bonds. The number of carbonyl (C=O) groups excluding carboxylic acids is 1. The van der Waals surface area contributed by atoms with Crippen LogP contribution in [-0.4, -0.2) is 41.4 Å². The molecule has 3 rings (SSSR count). The molecule has 11 nitrogen and oxygen atoms in total. The van der Waals surface area contributed by atoms with Gasteiger partial charge in [0.05, 0.1) is 28.2 Å². The van der Waals surface area contributed by atoms with E-state index in [0.29, 0.717) is 11.4 Å². The zero-order valence-electron chi connectivity index (χ0n) is 17.5. The minimum Gasteiger partial charge on any atom is -0.318 e. The van der Waals surface area contributed by atoms with Crippen molar-refractivity contribution in [1.29, 1.82) is 0 Å². The molecule has 168 valence electrons. The summed E-state index contributed by atoms with van der Waals surface area (Å²) in [4.78, 5) is 36.0. The van der Waals surface area contributed by atoms with Crippen LogP contribution in [0.2, 0.25) is 0 Å². The van der Waals surface area contributed by atoms with Gasteiger partial charge in [-0.1, -0.05) is 24.3 Å². The van der Waals surface area contributed by atoms with Crippen molar-refractivity contribution in [3.8, 4) is 5.69 Å². The molecule has 0 saturated carbocycles. The first-order valence-corrected chi connectivity index (χ1v) is 11.2. The molecule has 1 N–H and O–H groups in total. The van der Waals surface area contributed by atoms with Gasteiger partial charge >= 0.3 is 0 Å². The van der Waals surface area contributed by atoms with Crippen LogP contribution >= 0.6 is 0 Å². The highest BCUT2D eigenvalue weighted by Gasteiger charge is 2.24. The van der Waals surface area contributed by atoms with Crippen LogP contribution < -0.4 is 15.2 Å². The van der Waals surface area contributed by atoms with Crippen LogP contribution in [0, 0.1) is 17.0 Å². The Morgan fingerprint density at radius 1 is 1.16 bits per heavy atom. The third-order valence-electron chi connectivity index (χ3n) is 4.83. The average molecular weight is 459 g/mol. The van der Waals surface area contributed by atoms with Crippen LogP contribution in [0.3, 0.4) is 0 Å². The van der Waals surface area contributed by atoms with E-state index in [1.165, 1.54) is 22.9 Å². The molecule has 0 fully saturated rings. The van der Waals surface area contributed by atoms with Gasteiger partial charge in [0.1, 0.15) is 12.2 Å². The van der Waals surface area contributed by atoms with Gasteiger partial charge < -0.3 is 5.32 Å². The van der Waals surface area contributed by atoms with Gasteiger partial charge in [-0.05, 0) is 25.1 Å². The molecule has 0 unspecified atom stereocenters. The lowest BCUT2D eigenvalue weighted by molar-refractivity contribution is -0.384. The molecule has 1 heterocycles. The third-order valence-corrected chi connectivity index (χ3v) is 5.98. The number of hydrogen-bond acceptors (Lipinski definition) is 6. The summed E-state index contributed by atoms with van der Waals surface area (Å²) in [5.74, 6) is -0.770. The van der Waals surface area contributed by atoms with Crippen molar-refractivity contribution >= 4 is 33.0 Å². The molecule has 0 aliphatic rings. The Hall–Kier alpha value is -3.93. The number of rotatable bonds is 7. The summed E-state index contributed by atoms with van der Waals surface area (Å²) in [5, 5.41) is 13.5. The van der Waals surface area contributed by atoms with Gasteiger partial charge in [-0.15, -0.1) is 0 Å². The number of non-ortho nitro benzene ring substituents is 1. The zero-order chi connectivity index (χ0) is 23.6. The minimum atomic E-state index is -3.95. The van der Waals surface area contributed by atoms with E-state index in [2.05, 4.69) is 5.32 Å². The van der Waals surface area contributed by atoms with Crippen LogP contribution in [0.25, 0.3) is 5.69 Å². The third kappa shape index (κ3) is 4.54. The molecular formula is C20H21N5O6S. The fourth-order valence-electron chi connectivity index (χ4n) is 3.18. The number of sulfonamides is 1. The first kappa shape index (κ1) is 22.7. The second kappa shape index (κ2) is 8.67. The van der Waals surface area contributed by atoms with Crippen LogP contribution in [0.5, 0.6) is 0 Å². The van der Waals surface area contributed by atoms with E-state index in [-0.39, 0.29) is 17.1 Å². The van der Waals surface area contributed by atoms with E-state index in [0.717, 1.165) is 16.6 Å². The summed E-state index contributed by atoms with van der Waals surface area (Å²) in [5.41, 5.74) is 0.232. The van der Waals surface area contributed by atoms with Gasteiger partial charge in [-0.2, -0.15) is 0 Å². The van der Waals surface area contributed by atoms with Gasteiger partial charge in [0.2, 0.25) is 15.9 Å². The second-order valence-corrected chi connectivity index (χ2v) is 8.94. The lowest BCUT2D eigenvalue weighted by Crippen LogP contribution is -2.38. The van der Waals surface area contributed by atoms with Crippen LogP contribution in [-0.2, 0) is 21.9 Å². The van der Waals surface area contributed by atoms with Crippen LogP contribution in [0.1, 0.15) is 5.69 Å². The molecule has 0 atom stereocenters. The van der Waals surface area contributed by atoms with E-state index in [1.807, 2.05) is 0 Å². The number of hydrogen-bond donors (Lipinski definition) is 1. The van der Waals surface area contributed by atoms with Crippen molar-refractivity contribution in [2.45, 2.75) is 6.92 Å². The molecule has 0 bridgehead atoms. The Morgan fingerprint density at radius 2 is 1.81 bits per heavy atom. The monoisotopic (exact) mass is 459 g/mol. The molecule has 1 aromatic heterocycles. The number of amides is 1. The molecule has 12 heteroatoms. The van der Waals surface area contributed by atoms with E-state index >= 15 is 0 Å². The molecule has 0 aliphatic carbocycles. The maximum atomic E-state index is 12.9. The van der Waals surface area contributed by atoms with Gasteiger partial charge in [-0.3, -0.25) is 28.7 Å². The fraction of sp³-hybridized carbons (Fsp3) is 0.200. The number of para-hydroxylation sites is 1. The first-order valence-electron chi connectivity index (χ1n) is 9.36. The van der Waals surface area contributed by atoms with E-state index in [4.69, 9.17) is 0 Å². The topological polar surface area (TPSA) is 137 Å². The number of nitro benzene ring substituents is 1. The van der Waals surface area contributed by atoms with Gasteiger partial charge in [0, 0.05) is 19.2 Å². The maximum absolute atomic E-state index is 12.9. The Bertz CT molecular complexity index is 1340. The normalized spacial score (nSPS) is 11.2. The first-order chi connectivity index (χ1) is 15.0. The van der Waals surface area contributed by atoms with Crippen molar-refractivity contribution in [3.63, 3.8) is 0 Å². The summed E-state index contributed by atoms with van der Waals surface area (Å²) in [6.07, 6.45) is 0.884. The van der Waals surface area contributed by atoms with Gasteiger partial charge in [0.25, 0.3) is 11.2 Å². The van der Waals surface area contributed by atoms with Crippen molar-refractivity contribution in [3.05, 3.63) is 80.8 Å². The van der Waals surface area contributed by atoms with E-state index in [1.54, 1.807) is 49.0 Å². The van der Waals surface area contributed by atoms with Crippen molar-refractivity contribution in [2.24, 2.45) is 7.05 Å². The molecule has 0 spiro atoms. The zero-order valence-corrected chi connectivity index (χ0v) is 18.4. The molecule has 32 heavy (non-hydrogen) atoms. The highest BCUT2D eigenvalue weighted by Crippen LogP contribution is 2.23. The fourth-order valence-corrected chi connectivity index (χ4v) is 4.03. The number of nitrogens with one attached hydrogen (secondary N) is 1. The lowest BCUT2D eigenvalue weighted by atomic mass is 10.3. The highest BCUT2D eigenvalue weighted by atomic mass is 32.2. The van der Waals surface area contributed by atoms with Crippen molar-refractivity contribution in [1.82, 2.24) is 9.36 Å². The molecular weight excluding hydrogens is 438 g/mol. The van der Waals surface area contributed by atoms with Crippen LogP contribution in [0.15, 0.2) is 59.4 Å². The predicted molar refractivity (Wildman–Crippen MR) is 120 cm³/mol. The minimum absolute atomic E-state index is 0.00819. The van der Waals surface area contributed by atoms with E-state index < -0.39 is 33.0 Å². The number of aromatic nitrogens is 2. The largest absolute Gasteiger partial charge is 0.318 e. The molecule has 2 aromatic carbocycles. The van der Waals surface area contributed by atoms with Crippen molar-refractivity contribution in [2.75, 3.05) is 22.4 Å². The summed E-state index contributed by atoms with van der Waals surface area (Å²) in [6.45, 7) is 0.977. The Morgan fingerprint density at radius 3 is 2.41 bits per heavy atom. The Balaban J connectivity index is 1.92. The number of benzene rings is 2. The molecule has 3 aromatic rings. The summed E-state index contributed by atoms with van der Waals surface area (Å²) in [7, 11) is -2.29. The van der Waals surface area contributed by atoms with Gasteiger partial charge in [-0.25, -0.2) is 13.1 Å². The molecule has 0 aliphatic heterocycles. The predicted octanol–water partition coefficient (Wildman–Crippen LogP) is 1.80. The Kier molecular flexibility index (Phi) is 6.16. The second-order valence-electron chi connectivity index (χ2n) is 7.03. The van der Waals surface area contributed by atoms with E-state index in [9.17, 15) is 28.1 Å². The lowest BCUT2D eigenvalue weighted by Gasteiger charge is -2.21. The number of carbonyl (C=O) groups is 1. The van der Waals surface area contributed by atoms with Gasteiger partial charge in [0.15, 0.2) is 0 Å². The number of anilines is 2. The highest BCUT2D eigenvalue weighted by molar-refractivity contribution is 7.92. The number of nitro groups is 1. The average Bonchev–Trinajstić information content (AvgIpc) is 2.95. The molecule has 0 saturated heterocycles. The number of nitrogens with zero attached hydrogens (tertiary/aromatic N) is 4. The smallest absolute Gasteiger partial charge is 0.295 e. The summed E-state index contributed by atoms with van der Waals surface area (Å²) < 4.78 is 28.3. The quantitative estimate of drug-likeness (QED) is 0.423.